The lowest BCUT2D eigenvalue weighted by Crippen LogP contribution is -2.64. The van der Waals surface area contributed by atoms with E-state index in [4.69, 9.17) is 28.4 Å². The molecule has 1 heterocycles. The molecule has 1 aliphatic heterocycles. The molecule has 4 rings (SSSR count). The van der Waals surface area contributed by atoms with E-state index in [1.54, 1.807) is 6.92 Å². The van der Waals surface area contributed by atoms with Crippen molar-refractivity contribution in [2.45, 2.75) is 136 Å². The summed E-state index contributed by atoms with van der Waals surface area (Å²) in [4.78, 5) is 50.2. The Morgan fingerprint density at radius 2 is 1.42 bits per heavy atom. The van der Waals surface area contributed by atoms with Crippen molar-refractivity contribution in [3.8, 4) is 0 Å². The molecule has 0 amide bonds. The van der Waals surface area contributed by atoms with Crippen LogP contribution in [0.2, 0.25) is 0 Å². The lowest BCUT2D eigenvalue weighted by Gasteiger charge is -2.59. The Hall–Kier alpha value is -2.88. The Balaban J connectivity index is 1.98. The maximum atomic E-state index is 12.8. The van der Waals surface area contributed by atoms with Crippen LogP contribution in [0.15, 0.2) is 23.3 Å². The highest BCUT2D eigenvalue weighted by Gasteiger charge is 2.63. The van der Waals surface area contributed by atoms with E-state index in [2.05, 4.69) is 6.58 Å². The predicted octanol–water partition coefficient (Wildman–Crippen LogP) is 1.25. The van der Waals surface area contributed by atoms with Crippen LogP contribution in [0.5, 0.6) is 0 Å². The number of carbonyl (C=O) groups is 4. The fourth-order valence-electron chi connectivity index (χ4n) is 8.56. The highest BCUT2D eigenvalue weighted by molar-refractivity contribution is 5.69. The van der Waals surface area contributed by atoms with Gasteiger partial charge >= 0.3 is 23.9 Å². The maximum Gasteiger partial charge on any atom is 0.303 e. The van der Waals surface area contributed by atoms with Crippen LogP contribution >= 0.6 is 0 Å². The summed E-state index contributed by atoms with van der Waals surface area (Å²) < 4.78 is 35.9. The summed E-state index contributed by atoms with van der Waals surface area (Å²) in [5, 5.41) is 41.7. The molecule has 0 aromatic heterocycles. The van der Waals surface area contributed by atoms with E-state index >= 15 is 0 Å². The topological polar surface area (TPSA) is 205 Å². The van der Waals surface area contributed by atoms with Gasteiger partial charge in [-0.05, 0) is 60.2 Å². The first-order valence-electron chi connectivity index (χ1n) is 16.3. The van der Waals surface area contributed by atoms with E-state index in [9.17, 15) is 39.6 Å². The number of carbonyl (C=O) groups excluding carboxylic acids is 4. The first-order valence-corrected chi connectivity index (χ1v) is 16.3. The largest absolute Gasteiger partial charge is 0.458 e. The van der Waals surface area contributed by atoms with E-state index in [1.165, 1.54) is 27.7 Å². The number of rotatable bonds is 7. The van der Waals surface area contributed by atoms with Gasteiger partial charge in [-0.1, -0.05) is 27.4 Å². The summed E-state index contributed by atoms with van der Waals surface area (Å²) in [5.41, 5.74) is -0.297. The Bertz CT molecular complexity index is 1320. The molecule has 4 aliphatic rings. The first-order chi connectivity index (χ1) is 22.3. The normalized spacial score (nSPS) is 40.9. The summed E-state index contributed by atoms with van der Waals surface area (Å²) >= 11 is 0. The van der Waals surface area contributed by atoms with Gasteiger partial charge in [-0.3, -0.25) is 19.2 Å². The standard InChI is InChI=1S/C34H50O14/c1-14-20-12-21-29(48-32-27(42)26(41)25(40)23(13-35)47-32)28(44-17(4)37)15(2)24(33(21,7)8)30(45-18(5)38)31(46-19(6)39)34(20,9)11-10-22(14)43-16(3)36/h20-23,25-32,35,40-42H,1,10-13H2,2-9H3/t20-,21-,22+,23-,25-,26+,27-,28-,29-,30-,31+,32+,34-/m1/s1. The molecule has 0 unspecified atom stereocenters. The third-order valence-corrected chi connectivity index (χ3v) is 10.8. The third-order valence-electron chi connectivity index (χ3n) is 10.8. The Morgan fingerprint density at radius 3 is 1.96 bits per heavy atom. The van der Waals surface area contributed by atoms with Crippen LogP contribution in [0, 0.1) is 22.7 Å². The molecule has 3 fully saturated rings. The van der Waals surface area contributed by atoms with Crippen molar-refractivity contribution in [3.05, 3.63) is 23.3 Å². The van der Waals surface area contributed by atoms with Crippen molar-refractivity contribution < 1.29 is 68.0 Å². The average Bonchev–Trinajstić information content (AvgIpc) is 2.97. The first kappa shape index (κ1) is 37.9. The highest BCUT2D eigenvalue weighted by atomic mass is 16.7. The van der Waals surface area contributed by atoms with Crippen molar-refractivity contribution in [2.24, 2.45) is 22.7 Å². The number of fused-ring (bicyclic) bond motifs is 3. The second kappa shape index (κ2) is 14.2. The number of ether oxygens (including phenoxy) is 6. The second-order valence-corrected chi connectivity index (χ2v) is 14.3. The lowest BCUT2D eigenvalue weighted by atomic mass is 9.50. The fourth-order valence-corrected chi connectivity index (χ4v) is 8.56. The van der Waals surface area contributed by atoms with Crippen molar-refractivity contribution in [1.82, 2.24) is 0 Å². The van der Waals surface area contributed by atoms with E-state index in [0.717, 1.165) is 0 Å². The molecule has 0 aromatic rings. The SMILES string of the molecule is C=C1[C@@H](OC(C)=O)CC[C@]2(C)[C@@H]1C[C@@H]1[C@@H](O[C@@H]3O[C@H](CO)[C@@H](O)[C@H](O)[C@H]3O)[C@H](OC(C)=O)C(C)=C([C@@H](OC(C)=O)[C@@H]2OC(C)=O)C1(C)C. The van der Waals surface area contributed by atoms with Crippen LogP contribution in [0.4, 0.5) is 0 Å². The minimum absolute atomic E-state index is 0.251. The lowest BCUT2D eigenvalue weighted by molar-refractivity contribution is -0.325. The number of aliphatic hydroxyl groups excluding tert-OH is 4. The van der Waals surface area contributed by atoms with Crippen molar-refractivity contribution in [2.75, 3.05) is 6.61 Å². The zero-order valence-electron chi connectivity index (χ0n) is 28.8. The minimum atomic E-state index is -1.74. The van der Waals surface area contributed by atoms with Gasteiger partial charge in [0.05, 0.1) is 6.61 Å². The van der Waals surface area contributed by atoms with Gasteiger partial charge in [0.25, 0.3) is 0 Å². The van der Waals surface area contributed by atoms with E-state index in [-0.39, 0.29) is 6.42 Å². The van der Waals surface area contributed by atoms with Gasteiger partial charge < -0.3 is 48.8 Å². The fraction of sp³-hybridized carbons (Fsp3) is 0.765. The molecule has 2 saturated carbocycles. The molecule has 48 heavy (non-hydrogen) atoms. The Morgan fingerprint density at radius 1 is 0.854 bits per heavy atom. The van der Waals surface area contributed by atoms with Gasteiger partial charge in [-0.15, -0.1) is 0 Å². The van der Waals surface area contributed by atoms with E-state index in [1.807, 2.05) is 20.8 Å². The summed E-state index contributed by atoms with van der Waals surface area (Å²) in [6.45, 7) is 16.1. The number of hydrogen-bond acceptors (Lipinski definition) is 14. The van der Waals surface area contributed by atoms with Gasteiger partial charge in [0.2, 0.25) is 0 Å². The van der Waals surface area contributed by atoms with Crippen molar-refractivity contribution in [1.29, 1.82) is 0 Å². The van der Waals surface area contributed by atoms with Gasteiger partial charge in [-0.25, -0.2) is 0 Å². The smallest absolute Gasteiger partial charge is 0.303 e. The molecule has 3 aliphatic carbocycles. The van der Waals surface area contributed by atoms with Crippen molar-refractivity contribution >= 4 is 23.9 Å². The molecule has 14 nitrogen and oxygen atoms in total. The average molecular weight is 683 g/mol. The van der Waals surface area contributed by atoms with Crippen LogP contribution < -0.4 is 0 Å². The maximum absolute atomic E-state index is 12.8. The molecule has 0 radical (unpaired) electrons. The number of aliphatic hydroxyl groups is 4. The quantitative estimate of drug-likeness (QED) is 0.170. The third kappa shape index (κ3) is 6.92. The Kier molecular flexibility index (Phi) is 11.2. The monoisotopic (exact) mass is 682 g/mol. The molecule has 13 atom stereocenters. The van der Waals surface area contributed by atoms with Gasteiger partial charge in [0, 0.05) is 33.1 Å². The second-order valence-electron chi connectivity index (χ2n) is 14.3. The number of esters is 4. The Labute approximate surface area is 280 Å². The van der Waals surface area contributed by atoms with Gasteiger partial charge in [-0.2, -0.15) is 0 Å². The molecule has 270 valence electrons. The van der Waals surface area contributed by atoms with Crippen LogP contribution in [0.1, 0.15) is 74.7 Å². The molecule has 4 N–H and O–H groups in total. The predicted molar refractivity (Wildman–Crippen MR) is 165 cm³/mol. The van der Waals surface area contributed by atoms with Crippen molar-refractivity contribution in [3.63, 3.8) is 0 Å². The molecule has 14 heteroatoms. The van der Waals surface area contributed by atoms with Crippen LogP contribution in [0.3, 0.4) is 0 Å². The number of hydrogen-bond donors (Lipinski definition) is 4. The highest BCUT2D eigenvalue weighted by Crippen LogP contribution is 2.61. The summed E-state index contributed by atoms with van der Waals surface area (Å²) in [6, 6.07) is 0. The van der Waals surface area contributed by atoms with Crippen LogP contribution in [0.25, 0.3) is 0 Å². The zero-order chi connectivity index (χ0) is 36.0. The van der Waals surface area contributed by atoms with E-state index < -0.39 is 114 Å². The van der Waals surface area contributed by atoms with Gasteiger partial charge in [0.1, 0.15) is 48.8 Å². The molecule has 0 spiro atoms. The summed E-state index contributed by atoms with van der Waals surface area (Å²) in [6.07, 6.45) is -12.0. The van der Waals surface area contributed by atoms with E-state index in [0.29, 0.717) is 29.6 Å². The summed E-state index contributed by atoms with van der Waals surface area (Å²) in [7, 11) is 0. The molecular formula is C34H50O14. The summed E-state index contributed by atoms with van der Waals surface area (Å²) in [5.74, 6) is -3.57. The van der Waals surface area contributed by atoms with Gasteiger partial charge in [0.15, 0.2) is 12.4 Å². The molecule has 2 bridgehead atoms. The molecule has 0 aromatic carbocycles. The molecular weight excluding hydrogens is 632 g/mol. The minimum Gasteiger partial charge on any atom is -0.458 e. The van der Waals surface area contributed by atoms with Crippen LogP contribution in [-0.2, 0) is 47.6 Å². The molecule has 1 saturated heterocycles. The zero-order valence-corrected chi connectivity index (χ0v) is 28.8. The van der Waals surface area contributed by atoms with Crippen LogP contribution in [-0.4, -0.2) is 112 Å².